The van der Waals surface area contributed by atoms with Crippen molar-refractivity contribution in [1.82, 2.24) is 4.57 Å². The van der Waals surface area contributed by atoms with Gasteiger partial charge >= 0.3 is 5.97 Å². The molecule has 0 N–H and O–H groups in total. The van der Waals surface area contributed by atoms with Crippen molar-refractivity contribution >= 4 is 28.7 Å². The summed E-state index contributed by atoms with van der Waals surface area (Å²) in [5.74, 6) is 0.521. The van der Waals surface area contributed by atoms with Crippen LogP contribution >= 0.6 is 0 Å². The maximum absolute atomic E-state index is 13.0. The van der Waals surface area contributed by atoms with Crippen LogP contribution in [-0.4, -0.2) is 22.9 Å². The fourth-order valence-electron chi connectivity index (χ4n) is 4.07. The lowest BCUT2D eigenvalue weighted by Gasteiger charge is -2.11. The van der Waals surface area contributed by atoms with Gasteiger partial charge in [0.25, 0.3) is 0 Å². The topological polar surface area (TPSA) is 66.8 Å². The second-order valence-electron chi connectivity index (χ2n) is 8.15. The van der Waals surface area contributed by atoms with E-state index in [0.717, 1.165) is 22.0 Å². The number of fused-ring (bicyclic) bond motifs is 2. The molecule has 1 aromatic heterocycles. The smallest absolute Gasteiger partial charge is 0.344 e. The Labute approximate surface area is 197 Å². The van der Waals surface area contributed by atoms with Gasteiger partial charge in [-0.15, -0.1) is 0 Å². The second kappa shape index (κ2) is 8.90. The lowest BCUT2D eigenvalue weighted by Crippen LogP contribution is -2.15. The van der Waals surface area contributed by atoms with E-state index in [4.69, 9.17) is 14.2 Å². The van der Waals surface area contributed by atoms with Crippen LogP contribution in [0, 0.1) is 6.92 Å². The minimum absolute atomic E-state index is 0.181. The Morgan fingerprint density at radius 2 is 1.79 bits per heavy atom. The van der Waals surface area contributed by atoms with Gasteiger partial charge in [0, 0.05) is 35.3 Å². The van der Waals surface area contributed by atoms with Crippen LogP contribution in [-0.2, 0) is 23.2 Å². The number of hydrogen-bond donors (Lipinski definition) is 0. The average molecular weight is 453 g/mol. The molecule has 6 nitrogen and oxygen atoms in total. The summed E-state index contributed by atoms with van der Waals surface area (Å²) in [5, 5.41) is 1.04. The van der Waals surface area contributed by atoms with E-state index in [1.807, 2.05) is 72.4 Å². The van der Waals surface area contributed by atoms with E-state index in [1.54, 1.807) is 25.1 Å². The Morgan fingerprint density at radius 3 is 2.62 bits per heavy atom. The van der Waals surface area contributed by atoms with Crippen LogP contribution in [0.3, 0.4) is 0 Å². The third kappa shape index (κ3) is 4.06. The van der Waals surface area contributed by atoms with Crippen molar-refractivity contribution in [2.24, 2.45) is 7.05 Å². The molecule has 0 atom stereocenters. The Hall–Kier alpha value is -4.32. The highest BCUT2D eigenvalue weighted by molar-refractivity contribution is 6.15. The normalized spacial score (nSPS) is 13.7. The van der Waals surface area contributed by atoms with Gasteiger partial charge in [0.15, 0.2) is 12.4 Å². The van der Waals surface area contributed by atoms with Gasteiger partial charge in [-0.25, -0.2) is 4.79 Å². The molecule has 0 spiro atoms. The largest absolute Gasteiger partial charge is 0.481 e. The summed E-state index contributed by atoms with van der Waals surface area (Å²) < 4.78 is 18.9. The minimum atomic E-state index is -0.475. The molecule has 0 fully saturated rings. The van der Waals surface area contributed by atoms with Crippen LogP contribution in [0.1, 0.15) is 27.0 Å². The molecule has 1 aliphatic rings. The first kappa shape index (κ1) is 21.5. The highest BCUT2D eigenvalue weighted by Gasteiger charge is 2.30. The fourth-order valence-corrected chi connectivity index (χ4v) is 4.07. The maximum Gasteiger partial charge on any atom is 0.344 e. The van der Waals surface area contributed by atoms with Gasteiger partial charge in [-0.05, 0) is 36.8 Å². The zero-order valence-electron chi connectivity index (χ0n) is 18.9. The molecule has 3 aromatic carbocycles. The highest BCUT2D eigenvalue weighted by atomic mass is 16.6. The number of nitrogens with zero attached hydrogens (tertiary/aromatic N) is 1. The molecule has 0 amide bonds. The summed E-state index contributed by atoms with van der Waals surface area (Å²) >= 11 is 0. The first-order valence-electron chi connectivity index (χ1n) is 11.0. The molecule has 34 heavy (non-hydrogen) atoms. The lowest BCUT2D eigenvalue weighted by molar-refractivity contribution is -0.147. The Morgan fingerprint density at radius 1 is 1.03 bits per heavy atom. The number of aromatic nitrogens is 1. The predicted molar refractivity (Wildman–Crippen MR) is 129 cm³/mol. The molecule has 5 rings (SSSR count). The first-order valence-corrected chi connectivity index (χ1v) is 11.0. The first-order chi connectivity index (χ1) is 16.5. The molecule has 0 bridgehead atoms. The number of hydrogen-bond acceptors (Lipinski definition) is 5. The number of carbonyl (C=O) groups excluding carboxylic acids is 2. The summed E-state index contributed by atoms with van der Waals surface area (Å²) in [7, 11) is 1.97. The van der Waals surface area contributed by atoms with Crippen molar-refractivity contribution in [3.63, 3.8) is 0 Å². The molecule has 0 aliphatic carbocycles. The summed E-state index contributed by atoms with van der Waals surface area (Å²) in [5.41, 5.74) is 4.01. The number of esters is 1. The van der Waals surface area contributed by atoms with Crippen LogP contribution in [0.2, 0.25) is 0 Å². The van der Waals surface area contributed by atoms with Gasteiger partial charge in [-0.2, -0.15) is 0 Å². The molecule has 2 heterocycles. The number of allylic oxidation sites excluding steroid dienone is 1. The lowest BCUT2D eigenvalue weighted by atomic mass is 10.1. The standard InChI is InChI=1S/C28H23NO5/c1-18-24(32-17-26(30)33-16-19-8-4-3-5-9-19)13-12-22-27(31)25(34-28(18)22)14-20-15-29(2)23-11-7-6-10-21(20)23/h3-15H,16-17H2,1-2H3/b25-14-. The van der Waals surface area contributed by atoms with Crippen molar-refractivity contribution in [1.29, 1.82) is 0 Å². The highest BCUT2D eigenvalue weighted by Crippen LogP contribution is 2.39. The zero-order chi connectivity index (χ0) is 23.7. The maximum atomic E-state index is 13.0. The van der Waals surface area contributed by atoms with Crippen molar-refractivity contribution in [2.75, 3.05) is 6.61 Å². The number of benzene rings is 3. The number of rotatable bonds is 6. The number of ether oxygens (including phenoxy) is 3. The molecule has 1 aliphatic heterocycles. The van der Waals surface area contributed by atoms with Crippen LogP contribution in [0.25, 0.3) is 17.0 Å². The number of carbonyl (C=O) groups is 2. The second-order valence-corrected chi connectivity index (χ2v) is 8.15. The van der Waals surface area contributed by atoms with Gasteiger partial charge in [0.1, 0.15) is 18.1 Å². The number of aryl methyl sites for hydroxylation is 1. The molecule has 0 radical (unpaired) electrons. The molecule has 170 valence electrons. The van der Waals surface area contributed by atoms with Gasteiger partial charge < -0.3 is 18.8 Å². The monoisotopic (exact) mass is 453 g/mol. The third-order valence-electron chi connectivity index (χ3n) is 5.84. The van der Waals surface area contributed by atoms with Gasteiger partial charge in [-0.3, -0.25) is 4.79 Å². The quantitative estimate of drug-likeness (QED) is 0.296. The summed E-state index contributed by atoms with van der Waals surface area (Å²) in [6.45, 7) is 1.75. The third-order valence-corrected chi connectivity index (χ3v) is 5.84. The van der Waals surface area contributed by atoms with Crippen molar-refractivity contribution in [2.45, 2.75) is 13.5 Å². The fraction of sp³-hybridized carbons (Fsp3) is 0.143. The van der Waals surface area contributed by atoms with Gasteiger partial charge in [-0.1, -0.05) is 48.5 Å². The molecular formula is C28H23NO5. The summed E-state index contributed by atoms with van der Waals surface area (Å²) in [6.07, 6.45) is 3.74. The van der Waals surface area contributed by atoms with Crippen LogP contribution in [0.4, 0.5) is 0 Å². The van der Waals surface area contributed by atoms with E-state index in [9.17, 15) is 9.59 Å². The number of para-hydroxylation sites is 1. The van der Waals surface area contributed by atoms with Crippen molar-refractivity contribution < 1.29 is 23.8 Å². The van der Waals surface area contributed by atoms with E-state index in [1.165, 1.54) is 0 Å². The molecule has 4 aromatic rings. The van der Waals surface area contributed by atoms with E-state index in [0.29, 0.717) is 22.6 Å². The van der Waals surface area contributed by atoms with Gasteiger partial charge in [0.2, 0.25) is 5.78 Å². The SMILES string of the molecule is Cc1c(OCC(=O)OCc2ccccc2)ccc2c1O/C(=C\c1cn(C)c3ccccc13)C2=O. The number of Topliss-reactive ketones (excluding diaryl/α,β-unsaturated/α-hetero) is 1. The van der Waals surface area contributed by atoms with Crippen LogP contribution in [0.5, 0.6) is 11.5 Å². The molecular weight excluding hydrogens is 430 g/mol. The molecule has 0 saturated carbocycles. The van der Waals surface area contributed by atoms with Crippen molar-refractivity contribution in [3.8, 4) is 11.5 Å². The Bertz CT molecular complexity index is 1430. The van der Waals surface area contributed by atoms with Gasteiger partial charge in [0.05, 0.1) is 5.56 Å². The summed E-state index contributed by atoms with van der Waals surface area (Å²) in [6, 6.07) is 20.8. The van der Waals surface area contributed by atoms with Crippen LogP contribution < -0.4 is 9.47 Å². The Balaban J connectivity index is 1.30. The minimum Gasteiger partial charge on any atom is -0.481 e. The molecule has 6 heteroatoms. The molecule has 0 saturated heterocycles. The van der Waals surface area contributed by atoms with E-state index in [2.05, 4.69) is 0 Å². The van der Waals surface area contributed by atoms with E-state index >= 15 is 0 Å². The van der Waals surface area contributed by atoms with Crippen molar-refractivity contribution in [3.05, 3.63) is 101 Å². The predicted octanol–water partition coefficient (Wildman–Crippen LogP) is 5.23. The molecule has 0 unspecified atom stereocenters. The average Bonchev–Trinajstić information content (AvgIpc) is 3.35. The zero-order valence-corrected chi connectivity index (χ0v) is 18.9. The summed E-state index contributed by atoms with van der Waals surface area (Å²) in [4.78, 5) is 25.1. The van der Waals surface area contributed by atoms with E-state index in [-0.39, 0.29) is 24.8 Å². The number of ketones is 1. The Kier molecular flexibility index (Phi) is 5.64. The van der Waals surface area contributed by atoms with Crippen LogP contribution in [0.15, 0.2) is 78.7 Å². The van der Waals surface area contributed by atoms with E-state index < -0.39 is 5.97 Å².